The van der Waals surface area contributed by atoms with Gasteiger partial charge in [0.15, 0.2) is 0 Å². The van der Waals surface area contributed by atoms with Crippen molar-refractivity contribution in [1.82, 2.24) is 0 Å². The lowest BCUT2D eigenvalue weighted by Crippen LogP contribution is -2.34. The number of unbranched alkanes of at least 4 members (excludes halogenated alkanes) is 2. The lowest BCUT2D eigenvalue weighted by atomic mass is 10.1. The molecule has 0 aromatic heterocycles. The third-order valence-corrected chi connectivity index (χ3v) is 2.69. The molecule has 1 aromatic carbocycles. The van der Waals surface area contributed by atoms with Gasteiger partial charge in [0.25, 0.3) is 0 Å². The second-order valence-corrected chi connectivity index (χ2v) is 4.35. The molecule has 0 saturated carbocycles. The summed E-state index contributed by atoms with van der Waals surface area (Å²) in [5.41, 5.74) is 6.67. The molecule has 0 amide bonds. The van der Waals surface area contributed by atoms with E-state index >= 15 is 0 Å². The van der Waals surface area contributed by atoms with E-state index in [1.54, 1.807) is 24.3 Å². The van der Waals surface area contributed by atoms with Crippen LogP contribution in [-0.4, -0.2) is 23.7 Å². The number of carbonyl (C=O) groups is 1. The molecule has 0 fully saturated rings. The summed E-state index contributed by atoms with van der Waals surface area (Å²) in [5.74, 6) is -0.159. The SMILES string of the molecule is CCCCCOC(=O)[C@H](N)Cc1ccc(O)cc1. The third kappa shape index (κ3) is 5.19. The smallest absolute Gasteiger partial charge is 0.323 e. The maximum absolute atomic E-state index is 11.6. The van der Waals surface area contributed by atoms with Crippen LogP contribution in [0.25, 0.3) is 0 Å². The molecule has 1 rings (SSSR count). The number of aromatic hydroxyl groups is 1. The van der Waals surface area contributed by atoms with E-state index < -0.39 is 6.04 Å². The molecule has 0 aliphatic heterocycles. The predicted octanol–water partition coefficient (Wildman–Crippen LogP) is 2.00. The first-order chi connectivity index (χ1) is 8.63. The predicted molar refractivity (Wildman–Crippen MR) is 70.3 cm³/mol. The zero-order chi connectivity index (χ0) is 13.4. The van der Waals surface area contributed by atoms with Crippen LogP contribution < -0.4 is 5.73 Å². The Balaban J connectivity index is 2.33. The average Bonchev–Trinajstić information content (AvgIpc) is 2.37. The van der Waals surface area contributed by atoms with Gasteiger partial charge in [-0.25, -0.2) is 0 Å². The molecule has 0 radical (unpaired) electrons. The van der Waals surface area contributed by atoms with E-state index in [1.165, 1.54) is 0 Å². The largest absolute Gasteiger partial charge is 0.508 e. The molecule has 0 saturated heterocycles. The standard InChI is InChI=1S/C14H21NO3/c1-2-3-4-9-18-14(17)13(15)10-11-5-7-12(16)8-6-11/h5-8,13,16H,2-4,9-10,15H2,1H3/t13-/m1/s1. The van der Waals surface area contributed by atoms with Gasteiger partial charge in [0.2, 0.25) is 0 Å². The van der Waals surface area contributed by atoms with E-state index in [1.807, 2.05) is 0 Å². The highest BCUT2D eigenvalue weighted by molar-refractivity contribution is 5.75. The van der Waals surface area contributed by atoms with Crippen LogP contribution in [0, 0.1) is 0 Å². The molecule has 0 bridgehead atoms. The highest BCUT2D eigenvalue weighted by Crippen LogP contribution is 2.11. The van der Waals surface area contributed by atoms with Crippen molar-refractivity contribution in [2.45, 2.75) is 38.6 Å². The summed E-state index contributed by atoms with van der Waals surface area (Å²) in [4.78, 5) is 11.6. The molecule has 4 heteroatoms. The van der Waals surface area contributed by atoms with Crippen molar-refractivity contribution in [3.63, 3.8) is 0 Å². The van der Waals surface area contributed by atoms with Crippen molar-refractivity contribution in [2.24, 2.45) is 5.73 Å². The number of nitrogens with two attached hydrogens (primary N) is 1. The van der Waals surface area contributed by atoms with Gasteiger partial charge < -0.3 is 15.6 Å². The minimum absolute atomic E-state index is 0.203. The normalized spacial score (nSPS) is 12.1. The number of rotatable bonds is 7. The van der Waals surface area contributed by atoms with E-state index in [2.05, 4.69) is 6.92 Å². The first-order valence-corrected chi connectivity index (χ1v) is 6.33. The van der Waals surface area contributed by atoms with Crippen molar-refractivity contribution in [2.75, 3.05) is 6.61 Å². The first-order valence-electron chi connectivity index (χ1n) is 6.33. The molecule has 4 nitrogen and oxygen atoms in total. The van der Waals surface area contributed by atoms with Gasteiger partial charge in [-0.15, -0.1) is 0 Å². The average molecular weight is 251 g/mol. The highest BCUT2D eigenvalue weighted by atomic mass is 16.5. The van der Waals surface area contributed by atoms with Crippen molar-refractivity contribution in [3.8, 4) is 5.75 Å². The molecular formula is C14H21NO3. The van der Waals surface area contributed by atoms with Crippen molar-refractivity contribution < 1.29 is 14.6 Å². The van der Waals surface area contributed by atoms with Crippen LogP contribution in [0.5, 0.6) is 5.75 Å². The Morgan fingerprint density at radius 3 is 2.61 bits per heavy atom. The minimum atomic E-state index is -0.642. The van der Waals surface area contributed by atoms with Gasteiger partial charge >= 0.3 is 5.97 Å². The van der Waals surface area contributed by atoms with Crippen molar-refractivity contribution >= 4 is 5.97 Å². The summed E-state index contributed by atoms with van der Waals surface area (Å²) in [6.07, 6.45) is 3.46. The van der Waals surface area contributed by atoms with E-state index in [-0.39, 0.29) is 11.7 Å². The fourth-order valence-electron chi connectivity index (χ4n) is 1.60. The van der Waals surface area contributed by atoms with Crippen LogP contribution in [0.4, 0.5) is 0 Å². The Labute approximate surface area is 108 Å². The zero-order valence-corrected chi connectivity index (χ0v) is 10.8. The molecule has 1 aromatic rings. The summed E-state index contributed by atoms with van der Waals surface area (Å²) >= 11 is 0. The summed E-state index contributed by atoms with van der Waals surface area (Å²) in [5, 5.41) is 9.14. The first kappa shape index (κ1) is 14.5. The Morgan fingerprint density at radius 1 is 1.33 bits per heavy atom. The van der Waals surface area contributed by atoms with Gasteiger partial charge in [-0.1, -0.05) is 31.9 Å². The topological polar surface area (TPSA) is 72.5 Å². The lowest BCUT2D eigenvalue weighted by molar-refractivity contribution is -0.145. The van der Waals surface area contributed by atoms with Crippen LogP contribution in [-0.2, 0) is 16.0 Å². The fraction of sp³-hybridized carbons (Fsp3) is 0.500. The Hall–Kier alpha value is -1.55. The monoisotopic (exact) mass is 251 g/mol. The summed E-state index contributed by atoms with van der Waals surface area (Å²) in [6, 6.07) is 6.01. The molecule has 0 spiro atoms. The second-order valence-electron chi connectivity index (χ2n) is 4.35. The molecule has 3 N–H and O–H groups in total. The number of benzene rings is 1. The zero-order valence-electron chi connectivity index (χ0n) is 10.8. The Bertz CT molecular complexity index is 362. The molecular weight excluding hydrogens is 230 g/mol. The molecule has 100 valence electrons. The second kappa shape index (κ2) is 7.71. The van der Waals surface area contributed by atoms with Gasteiger partial charge in [-0.05, 0) is 30.5 Å². The molecule has 1 atom stereocenters. The third-order valence-electron chi connectivity index (χ3n) is 2.69. The van der Waals surface area contributed by atoms with Crippen molar-refractivity contribution in [1.29, 1.82) is 0 Å². The van der Waals surface area contributed by atoms with Gasteiger partial charge in [-0.2, -0.15) is 0 Å². The maximum Gasteiger partial charge on any atom is 0.323 e. The van der Waals surface area contributed by atoms with E-state index in [4.69, 9.17) is 15.6 Å². The molecule has 18 heavy (non-hydrogen) atoms. The van der Waals surface area contributed by atoms with Crippen LogP contribution >= 0.6 is 0 Å². The Morgan fingerprint density at radius 2 is 2.00 bits per heavy atom. The molecule has 0 unspecified atom stereocenters. The fourth-order valence-corrected chi connectivity index (χ4v) is 1.60. The summed E-state index contributed by atoms with van der Waals surface area (Å²) in [6.45, 7) is 2.54. The van der Waals surface area contributed by atoms with E-state index in [9.17, 15) is 4.79 Å². The highest BCUT2D eigenvalue weighted by Gasteiger charge is 2.15. The number of esters is 1. The van der Waals surface area contributed by atoms with Crippen LogP contribution in [0.3, 0.4) is 0 Å². The van der Waals surface area contributed by atoms with Gasteiger partial charge in [0, 0.05) is 0 Å². The van der Waals surface area contributed by atoms with Gasteiger partial charge in [0.05, 0.1) is 6.61 Å². The summed E-state index contributed by atoms with van der Waals surface area (Å²) < 4.78 is 5.09. The van der Waals surface area contributed by atoms with Gasteiger partial charge in [-0.3, -0.25) is 4.79 Å². The van der Waals surface area contributed by atoms with Gasteiger partial charge in [0.1, 0.15) is 11.8 Å². The van der Waals surface area contributed by atoms with Crippen LogP contribution in [0.15, 0.2) is 24.3 Å². The van der Waals surface area contributed by atoms with E-state index in [0.29, 0.717) is 13.0 Å². The molecule has 0 aliphatic rings. The number of carbonyl (C=O) groups excluding carboxylic acids is 1. The number of hydrogen-bond donors (Lipinski definition) is 2. The number of phenolic OH excluding ortho intramolecular Hbond substituents is 1. The number of hydrogen-bond acceptors (Lipinski definition) is 4. The van der Waals surface area contributed by atoms with Crippen LogP contribution in [0.1, 0.15) is 31.7 Å². The molecule has 0 heterocycles. The minimum Gasteiger partial charge on any atom is -0.508 e. The van der Waals surface area contributed by atoms with Crippen molar-refractivity contribution in [3.05, 3.63) is 29.8 Å². The lowest BCUT2D eigenvalue weighted by Gasteiger charge is -2.11. The van der Waals surface area contributed by atoms with Crippen LogP contribution in [0.2, 0.25) is 0 Å². The maximum atomic E-state index is 11.6. The molecule has 0 aliphatic carbocycles. The Kier molecular flexibility index (Phi) is 6.22. The quantitative estimate of drug-likeness (QED) is 0.574. The van der Waals surface area contributed by atoms with E-state index in [0.717, 1.165) is 24.8 Å². The number of phenols is 1. The summed E-state index contributed by atoms with van der Waals surface area (Å²) in [7, 11) is 0. The number of ether oxygens (including phenoxy) is 1.